The van der Waals surface area contributed by atoms with Crippen LogP contribution in [0.15, 0.2) is 23.1 Å². The van der Waals surface area contributed by atoms with Gasteiger partial charge in [0, 0.05) is 6.04 Å². The van der Waals surface area contributed by atoms with E-state index in [-0.39, 0.29) is 4.90 Å². The van der Waals surface area contributed by atoms with E-state index in [0.717, 1.165) is 13.0 Å². The van der Waals surface area contributed by atoms with Gasteiger partial charge in [0.25, 0.3) is 0 Å². The molecule has 1 aromatic rings. The lowest BCUT2D eigenvalue weighted by molar-refractivity contribution is 0.234. The van der Waals surface area contributed by atoms with Gasteiger partial charge in [-0.25, -0.2) is 13.1 Å². The Morgan fingerprint density at radius 1 is 1.48 bits per heavy atom. The van der Waals surface area contributed by atoms with E-state index in [2.05, 4.69) is 16.7 Å². The normalized spacial score (nSPS) is 19.8. The first-order valence-electron chi connectivity index (χ1n) is 7.10. The summed E-state index contributed by atoms with van der Waals surface area (Å²) in [6.07, 6.45) is 3.39. The van der Waals surface area contributed by atoms with Crippen molar-refractivity contribution in [1.82, 2.24) is 9.62 Å². The highest BCUT2D eigenvalue weighted by Crippen LogP contribution is 2.25. The van der Waals surface area contributed by atoms with Crippen molar-refractivity contribution in [3.05, 3.63) is 18.2 Å². The molecule has 6 nitrogen and oxygen atoms in total. The number of hydrogen-bond acceptors (Lipinski definition) is 5. The van der Waals surface area contributed by atoms with Crippen LogP contribution in [-0.2, 0) is 10.0 Å². The molecule has 0 amide bonds. The molecular weight excluding hydrogens is 290 g/mol. The Morgan fingerprint density at radius 2 is 2.24 bits per heavy atom. The zero-order valence-electron chi connectivity index (χ0n) is 12.5. The van der Waals surface area contributed by atoms with Crippen LogP contribution in [0.4, 0.5) is 5.69 Å². The second-order valence-corrected chi connectivity index (χ2v) is 7.21. The lowest BCUT2D eigenvalue weighted by Gasteiger charge is -2.19. The minimum absolute atomic E-state index is 0.144. The third-order valence-electron chi connectivity index (χ3n) is 3.94. The highest BCUT2D eigenvalue weighted by Gasteiger charge is 2.20. The summed E-state index contributed by atoms with van der Waals surface area (Å²) < 4.78 is 31.3. The van der Waals surface area contributed by atoms with Gasteiger partial charge in [-0.2, -0.15) is 0 Å². The van der Waals surface area contributed by atoms with Crippen LogP contribution in [0.25, 0.3) is 0 Å². The fourth-order valence-electron chi connectivity index (χ4n) is 2.59. The van der Waals surface area contributed by atoms with Crippen molar-refractivity contribution in [2.24, 2.45) is 0 Å². The highest BCUT2D eigenvalue weighted by molar-refractivity contribution is 7.89. The second kappa shape index (κ2) is 6.64. The molecule has 1 aromatic carbocycles. The van der Waals surface area contributed by atoms with Crippen molar-refractivity contribution >= 4 is 15.7 Å². The monoisotopic (exact) mass is 313 g/mol. The lowest BCUT2D eigenvalue weighted by Crippen LogP contribution is -2.26. The Bertz CT molecular complexity index is 589. The molecule has 1 aliphatic rings. The maximum Gasteiger partial charge on any atom is 0.240 e. The van der Waals surface area contributed by atoms with Crippen LogP contribution in [0.2, 0.25) is 0 Å². The number of ether oxygens (including phenoxy) is 1. The van der Waals surface area contributed by atoms with Crippen molar-refractivity contribution in [2.75, 3.05) is 33.0 Å². The maximum absolute atomic E-state index is 11.7. The Balaban J connectivity index is 1.95. The molecule has 1 aliphatic heterocycles. The van der Waals surface area contributed by atoms with Crippen LogP contribution in [-0.4, -0.2) is 46.6 Å². The van der Waals surface area contributed by atoms with Gasteiger partial charge in [0.2, 0.25) is 10.0 Å². The molecule has 2 rings (SSSR count). The number of likely N-dealkylation sites (tertiary alicyclic amines) is 1. The van der Waals surface area contributed by atoms with Gasteiger partial charge >= 0.3 is 0 Å². The fourth-order valence-corrected chi connectivity index (χ4v) is 3.36. The van der Waals surface area contributed by atoms with E-state index in [0.29, 0.717) is 24.1 Å². The number of nitrogens with two attached hydrogens (primary N) is 1. The van der Waals surface area contributed by atoms with Crippen molar-refractivity contribution < 1.29 is 13.2 Å². The number of nitrogen functional groups attached to an aromatic ring is 1. The average Bonchev–Trinajstić information content (AvgIpc) is 2.86. The molecule has 1 fully saturated rings. The molecule has 3 N–H and O–H groups in total. The summed E-state index contributed by atoms with van der Waals surface area (Å²) in [5.74, 6) is 0.533. The molecule has 7 heteroatoms. The van der Waals surface area contributed by atoms with Gasteiger partial charge in [0.1, 0.15) is 5.75 Å². The molecule has 0 aromatic heterocycles. The number of anilines is 1. The van der Waals surface area contributed by atoms with E-state index in [1.54, 1.807) is 6.07 Å². The van der Waals surface area contributed by atoms with Gasteiger partial charge in [-0.15, -0.1) is 0 Å². The van der Waals surface area contributed by atoms with Crippen LogP contribution in [0, 0.1) is 0 Å². The molecule has 118 valence electrons. The summed E-state index contributed by atoms with van der Waals surface area (Å²) in [5.41, 5.74) is 6.21. The number of hydrogen-bond donors (Lipinski definition) is 2. The Morgan fingerprint density at radius 3 is 2.81 bits per heavy atom. The number of benzene rings is 1. The third-order valence-corrected chi connectivity index (χ3v) is 5.35. The van der Waals surface area contributed by atoms with Gasteiger partial charge < -0.3 is 15.4 Å². The van der Waals surface area contributed by atoms with Gasteiger partial charge in [-0.05, 0) is 58.1 Å². The van der Waals surface area contributed by atoms with Gasteiger partial charge in [0.05, 0.1) is 17.2 Å². The topological polar surface area (TPSA) is 84.7 Å². The summed E-state index contributed by atoms with van der Waals surface area (Å²) in [4.78, 5) is 2.49. The number of nitrogens with zero attached hydrogens (tertiary/aromatic N) is 1. The van der Waals surface area contributed by atoms with Crippen LogP contribution < -0.4 is 15.2 Å². The predicted molar refractivity (Wildman–Crippen MR) is 82.9 cm³/mol. The van der Waals surface area contributed by atoms with E-state index in [1.165, 1.54) is 32.0 Å². The van der Waals surface area contributed by atoms with Crippen molar-refractivity contribution in [3.63, 3.8) is 0 Å². The van der Waals surface area contributed by atoms with Crippen LogP contribution in [0.3, 0.4) is 0 Å². The van der Waals surface area contributed by atoms with E-state index in [1.807, 2.05) is 0 Å². The molecule has 0 aliphatic carbocycles. The molecule has 21 heavy (non-hydrogen) atoms. The number of sulfonamides is 1. The first-order valence-corrected chi connectivity index (χ1v) is 8.58. The third kappa shape index (κ3) is 3.87. The molecular formula is C14H23N3O3S. The minimum atomic E-state index is -3.47. The predicted octanol–water partition coefficient (Wildman–Crippen LogP) is 1.04. The Kier molecular flexibility index (Phi) is 5.08. The van der Waals surface area contributed by atoms with Gasteiger partial charge in [-0.3, -0.25) is 0 Å². The molecule has 1 atom stereocenters. The van der Waals surface area contributed by atoms with Crippen LogP contribution in [0.1, 0.15) is 19.3 Å². The minimum Gasteiger partial charge on any atom is -0.491 e. The first-order chi connectivity index (χ1) is 9.94. The first kappa shape index (κ1) is 16.1. The summed E-state index contributed by atoms with van der Waals surface area (Å²) in [5, 5.41) is 0. The van der Waals surface area contributed by atoms with Gasteiger partial charge in [-0.1, -0.05) is 0 Å². The Hall–Kier alpha value is -1.31. The summed E-state index contributed by atoms with van der Waals surface area (Å²) in [6.45, 7) is 1.72. The zero-order chi connectivity index (χ0) is 15.5. The van der Waals surface area contributed by atoms with E-state index in [4.69, 9.17) is 10.5 Å². The van der Waals surface area contributed by atoms with Crippen LogP contribution >= 0.6 is 0 Å². The van der Waals surface area contributed by atoms with Crippen molar-refractivity contribution in [2.45, 2.75) is 30.2 Å². The molecule has 0 bridgehead atoms. The summed E-state index contributed by atoms with van der Waals surface area (Å²) in [7, 11) is 0.0269. The molecule has 0 radical (unpaired) electrons. The Labute approximate surface area is 126 Å². The molecule has 0 saturated carbocycles. The maximum atomic E-state index is 11.7. The number of rotatable bonds is 6. The quantitative estimate of drug-likeness (QED) is 0.767. The van der Waals surface area contributed by atoms with E-state index in [9.17, 15) is 8.42 Å². The number of nitrogens with one attached hydrogen (secondary N) is 1. The molecule has 0 spiro atoms. The average molecular weight is 313 g/mol. The molecule has 1 unspecified atom stereocenters. The van der Waals surface area contributed by atoms with Crippen molar-refractivity contribution in [3.8, 4) is 5.75 Å². The molecule has 1 saturated heterocycles. The fraction of sp³-hybridized carbons (Fsp3) is 0.571. The summed E-state index contributed by atoms with van der Waals surface area (Å²) in [6, 6.07) is 5.09. The van der Waals surface area contributed by atoms with Gasteiger partial charge in [0.15, 0.2) is 0 Å². The second-order valence-electron chi connectivity index (χ2n) is 5.32. The SMILES string of the molecule is CNS(=O)(=O)c1ccc(OCCC2CCCN2C)c(N)c1. The van der Waals surface area contributed by atoms with Crippen LogP contribution in [0.5, 0.6) is 5.75 Å². The molecule has 1 heterocycles. The largest absolute Gasteiger partial charge is 0.491 e. The smallest absolute Gasteiger partial charge is 0.240 e. The lowest BCUT2D eigenvalue weighted by atomic mass is 10.1. The van der Waals surface area contributed by atoms with Crippen molar-refractivity contribution in [1.29, 1.82) is 0 Å². The zero-order valence-corrected chi connectivity index (χ0v) is 13.3. The van der Waals surface area contributed by atoms with E-state index >= 15 is 0 Å². The standard InChI is InChI=1S/C14H23N3O3S/c1-16-21(18,19)12-5-6-14(13(15)10-12)20-9-7-11-4-3-8-17(11)2/h5-6,10-11,16H,3-4,7-9,15H2,1-2H3. The summed E-state index contributed by atoms with van der Waals surface area (Å²) >= 11 is 0. The van der Waals surface area contributed by atoms with E-state index < -0.39 is 10.0 Å². The highest BCUT2D eigenvalue weighted by atomic mass is 32.2.